The molecule has 11 nitrogen and oxygen atoms in total. The maximum Gasteiger partial charge on any atom is 0.306 e. The average molecular weight is 583 g/mol. The number of fused-ring (bicyclic) bond motifs is 3. The molecule has 224 valence electrons. The lowest BCUT2D eigenvalue weighted by atomic mass is 9.49. The van der Waals surface area contributed by atoms with E-state index in [0.29, 0.717) is 28.6 Å². The summed E-state index contributed by atoms with van der Waals surface area (Å²) < 4.78 is 0. The fourth-order valence-electron chi connectivity index (χ4n) is 8.29. The molecule has 1 atom stereocenters. The molecule has 5 heterocycles. The molecule has 1 spiro atoms. The van der Waals surface area contributed by atoms with Gasteiger partial charge in [-0.15, -0.1) is 10.2 Å². The van der Waals surface area contributed by atoms with Crippen molar-refractivity contribution in [1.29, 1.82) is 0 Å². The van der Waals surface area contributed by atoms with Crippen LogP contribution in [-0.2, 0) is 4.79 Å². The van der Waals surface area contributed by atoms with Gasteiger partial charge in [0, 0.05) is 55.6 Å². The van der Waals surface area contributed by atoms with Crippen LogP contribution in [0, 0.1) is 11.3 Å². The molecule has 2 saturated heterocycles. The Morgan fingerprint density at radius 3 is 2.58 bits per heavy atom. The molecule has 0 radical (unpaired) electrons. The number of anilines is 3. The van der Waals surface area contributed by atoms with E-state index in [0.717, 1.165) is 88.1 Å². The van der Waals surface area contributed by atoms with Gasteiger partial charge in [-0.2, -0.15) is 0 Å². The van der Waals surface area contributed by atoms with Gasteiger partial charge in [-0.1, -0.05) is 12.1 Å². The summed E-state index contributed by atoms with van der Waals surface area (Å²) in [5.41, 5.74) is 3.83. The molecular weight excluding hydrogens is 544 g/mol. The van der Waals surface area contributed by atoms with Crippen LogP contribution >= 0.6 is 0 Å². The number of phenols is 1. The standard InChI is InChI=1S/C32H38N8O3/c41-28-4-2-1-3-24(28)26-13-27-29(37-36-26)34-18-23-19-39(11-12-40(23)27)31-33-8-5-25(35-31)20-6-9-38(10-7-20)22-16-32(17-22)14-21(15-32)30(42)43/h1-5,8,13,20-23,41H,6-7,9-12,14-19H2,(H,34,37)(H,42,43). The summed E-state index contributed by atoms with van der Waals surface area (Å²) in [6.07, 6.45) is 8.24. The van der Waals surface area contributed by atoms with Gasteiger partial charge >= 0.3 is 5.97 Å². The smallest absolute Gasteiger partial charge is 0.306 e. The number of carbonyl (C=O) groups is 1. The highest BCUT2D eigenvalue weighted by Gasteiger charge is 2.56. The molecule has 5 aliphatic rings. The van der Waals surface area contributed by atoms with Crippen LogP contribution in [-0.4, -0.2) is 92.6 Å². The number of aromatic hydroxyl groups is 1. The predicted octanol–water partition coefficient (Wildman–Crippen LogP) is 3.58. The molecule has 1 aromatic carbocycles. The number of carboxylic acid groups (broad SMARTS) is 1. The van der Waals surface area contributed by atoms with Gasteiger partial charge in [-0.05, 0) is 81.3 Å². The third-order valence-electron chi connectivity index (χ3n) is 10.7. The number of hydrogen-bond donors (Lipinski definition) is 3. The zero-order chi connectivity index (χ0) is 29.1. The Balaban J connectivity index is 0.894. The first-order valence-corrected chi connectivity index (χ1v) is 15.7. The Morgan fingerprint density at radius 1 is 0.977 bits per heavy atom. The molecule has 2 saturated carbocycles. The largest absolute Gasteiger partial charge is 0.507 e. The summed E-state index contributed by atoms with van der Waals surface area (Å²) in [5.74, 6) is 1.52. The summed E-state index contributed by atoms with van der Waals surface area (Å²) >= 11 is 0. The Hall–Kier alpha value is -3.99. The molecule has 3 aliphatic heterocycles. The third kappa shape index (κ3) is 4.74. The van der Waals surface area contributed by atoms with Crippen molar-refractivity contribution in [1.82, 2.24) is 25.1 Å². The number of nitrogens with one attached hydrogen (secondary N) is 1. The van der Waals surface area contributed by atoms with E-state index in [4.69, 9.17) is 9.97 Å². The minimum atomic E-state index is -0.615. The van der Waals surface area contributed by atoms with E-state index in [-0.39, 0.29) is 17.7 Å². The number of aromatic nitrogens is 4. The van der Waals surface area contributed by atoms with E-state index < -0.39 is 5.97 Å². The van der Waals surface area contributed by atoms with Crippen LogP contribution in [0.2, 0.25) is 0 Å². The number of likely N-dealkylation sites (tertiary alicyclic amines) is 1. The summed E-state index contributed by atoms with van der Waals surface area (Å²) in [6.45, 7) is 5.40. The maximum absolute atomic E-state index is 11.2. The second-order valence-electron chi connectivity index (χ2n) is 13.3. The lowest BCUT2D eigenvalue weighted by molar-refractivity contribution is -0.160. The predicted molar refractivity (Wildman–Crippen MR) is 162 cm³/mol. The van der Waals surface area contributed by atoms with Crippen molar-refractivity contribution in [3.05, 3.63) is 48.3 Å². The van der Waals surface area contributed by atoms with Gasteiger partial charge in [0.25, 0.3) is 0 Å². The van der Waals surface area contributed by atoms with Crippen molar-refractivity contribution >= 4 is 23.4 Å². The zero-order valence-corrected chi connectivity index (χ0v) is 24.3. The van der Waals surface area contributed by atoms with Crippen LogP contribution in [0.15, 0.2) is 42.6 Å². The molecule has 4 fully saturated rings. The molecule has 8 rings (SSSR count). The lowest BCUT2D eigenvalue weighted by Gasteiger charge is -2.59. The zero-order valence-electron chi connectivity index (χ0n) is 24.3. The van der Waals surface area contributed by atoms with Crippen LogP contribution < -0.4 is 15.1 Å². The van der Waals surface area contributed by atoms with Crippen molar-refractivity contribution in [3.63, 3.8) is 0 Å². The Morgan fingerprint density at radius 2 is 1.79 bits per heavy atom. The summed E-state index contributed by atoms with van der Waals surface area (Å²) in [4.78, 5) is 28.4. The highest BCUT2D eigenvalue weighted by Crippen LogP contribution is 2.60. The van der Waals surface area contributed by atoms with Crippen molar-refractivity contribution in [2.45, 2.75) is 56.5 Å². The number of piperidine rings is 1. The molecule has 0 bridgehead atoms. The highest BCUT2D eigenvalue weighted by molar-refractivity contribution is 5.76. The van der Waals surface area contributed by atoms with Crippen LogP contribution in [0.3, 0.4) is 0 Å². The molecule has 1 unspecified atom stereocenters. The Bertz CT molecular complexity index is 1530. The van der Waals surface area contributed by atoms with E-state index in [1.54, 1.807) is 12.1 Å². The van der Waals surface area contributed by atoms with Gasteiger partial charge in [0.2, 0.25) is 5.95 Å². The van der Waals surface area contributed by atoms with E-state index in [1.165, 1.54) is 12.8 Å². The second kappa shape index (κ2) is 10.3. The molecular formula is C32H38N8O3. The first-order valence-electron chi connectivity index (χ1n) is 15.7. The van der Waals surface area contributed by atoms with Gasteiger partial charge in [0.15, 0.2) is 5.82 Å². The minimum absolute atomic E-state index is 0.107. The van der Waals surface area contributed by atoms with Gasteiger partial charge in [-0.25, -0.2) is 9.97 Å². The SMILES string of the molecule is O=C(O)C1CC2(C1)CC(N1CCC(c3ccnc(N4CCN5c6cc(-c7ccccc7O)nnc6NCC5C4)n3)CC1)C2. The number of carboxylic acids is 1. The van der Waals surface area contributed by atoms with Gasteiger partial charge in [0.05, 0.1) is 23.3 Å². The molecule has 3 aromatic rings. The summed E-state index contributed by atoms with van der Waals surface area (Å²) in [7, 11) is 0. The van der Waals surface area contributed by atoms with Crippen LogP contribution in [0.25, 0.3) is 11.3 Å². The molecule has 11 heteroatoms. The summed E-state index contributed by atoms with van der Waals surface area (Å²) in [6, 6.07) is 12.2. The maximum atomic E-state index is 11.2. The number of hydrogen-bond acceptors (Lipinski definition) is 10. The van der Waals surface area contributed by atoms with Crippen molar-refractivity contribution in [2.75, 3.05) is 54.4 Å². The number of rotatable bonds is 5. The lowest BCUT2D eigenvalue weighted by Crippen LogP contribution is -2.58. The fourth-order valence-corrected chi connectivity index (χ4v) is 8.29. The van der Waals surface area contributed by atoms with Crippen molar-refractivity contribution in [2.24, 2.45) is 11.3 Å². The monoisotopic (exact) mass is 582 g/mol. The third-order valence-corrected chi connectivity index (χ3v) is 10.7. The Kier molecular flexibility index (Phi) is 6.39. The van der Waals surface area contributed by atoms with E-state index in [1.807, 2.05) is 24.4 Å². The number of piperazine rings is 1. The minimum Gasteiger partial charge on any atom is -0.507 e. The van der Waals surface area contributed by atoms with Crippen LogP contribution in [0.1, 0.15) is 50.1 Å². The molecule has 3 N–H and O–H groups in total. The van der Waals surface area contributed by atoms with Crippen LogP contribution in [0.4, 0.5) is 17.5 Å². The second-order valence-corrected chi connectivity index (χ2v) is 13.3. The molecule has 2 aliphatic carbocycles. The summed E-state index contributed by atoms with van der Waals surface area (Å²) in [5, 5.41) is 31.9. The van der Waals surface area contributed by atoms with Crippen molar-refractivity contribution < 1.29 is 15.0 Å². The average Bonchev–Trinajstić information content (AvgIpc) is 2.99. The molecule has 43 heavy (non-hydrogen) atoms. The quantitative estimate of drug-likeness (QED) is 0.408. The number of nitrogens with zero attached hydrogens (tertiary/aromatic N) is 7. The van der Waals surface area contributed by atoms with E-state index in [9.17, 15) is 15.0 Å². The van der Waals surface area contributed by atoms with E-state index >= 15 is 0 Å². The highest BCUT2D eigenvalue weighted by atomic mass is 16.4. The fraction of sp³-hybridized carbons (Fsp3) is 0.531. The van der Waals surface area contributed by atoms with Gasteiger partial charge in [-0.3, -0.25) is 4.79 Å². The van der Waals surface area contributed by atoms with Crippen molar-refractivity contribution in [3.8, 4) is 17.0 Å². The normalized spacial score (nSPS) is 28.8. The molecule has 0 amide bonds. The number of benzene rings is 1. The number of phenolic OH excluding ortho intramolecular Hbond substituents is 1. The van der Waals surface area contributed by atoms with Gasteiger partial charge < -0.3 is 30.2 Å². The van der Waals surface area contributed by atoms with Gasteiger partial charge in [0.1, 0.15) is 5.75 Å². The topological polar surface area (TPSA) is 131 Å². The number of para-hydroxylation sites is 1. The number of aliphatic carboxylic acids is 1. The first kappa shape index (κ1) is 26.6. The first-order chi connectivity index (χ1) is 20.9. The molecule has 2 aromatic heterocycles. The van der Waals surface area contributed by atoms with E-state index in [2.05, 4.69) is 36.3 Å². The van der Waals surface area contributed by atoms with Crippen LogP contribution in [0.5, 0.6) is 5.75 Å². The Labute approximate surface area is 251 Å².